The predicted octanol–water partition coefficient (Wildman–Crippen LogP) is 4.29. The number of nitrogens with one attached hydrogen (secondary N) is 3. The highest BCUT2D eigenvalue weighted by molar-refractivity contribution is 7.88. The largest absolute Gasteiger partial charge is 0.355 e. The zero-order valence-electron chi connectivity index (χ0n) is 16.3. The van der Waals surface area contributed by atoms with Crippen molar-refractivity contribution in [3.8, 4) is 0 Å². The van der Waals surface area contributed by atoms with Crippen molar-refractivity contribution in [1.29, 1.82) is 0 Å². The molecule has 0 atom stereocenters. The van der Waals surface area contributed by atoms with E-state index in [-0.39, 0.29) is 18.2 Å². The van der Waals surface area contributed by atoms with Gasteiger partial charge in [-0.05, 0) is 42.0 Å². The summed E-state index contributed by atoms with van der Waals surface area (Å²) in [6.45, 7) is 3.68. The fourth-order valence-electron chi connectivity index (χ4n) is 2.81. The second-order valence-electron chi connectivity index (χ2n) is 6.58. The average Bonchev–Trinajstić information content (AvgIpc) is 2.74. The summed E-state index contributed by atoms with van der Waals surface area (Å²) < 4.78 is 26.3. The molecule has 0 radical (unpaired) electrons. The van der Waals surface area contributed by atoms with Gasteiger partial charge in [0.25, 0.3) is 5.91 Å². The van der Waals surface area contributed by atoms with Gasteiger partial charge in [0.15, 0.2) is 0 Å². The zero-order valence-corrected chi connectivity index (χ0v) is 17.2. The van der Waals surface area contributed by atoms with Crippen molar-refractivity contribution >= 4 is 33.0 Å². The van der Waals surface area contributed by atoms with Gasteiger partial charge in [-0.25, -0.2) is 13.1 Å². The third kappa shape index (κ3) is 6.04. The summed E-state index contributed by atoms with van der Waals surface area (Å²) in [6, 6.07) is 23.6. The van der Waals surface area contributed by atoms with Crippen LogP contribution in [0.1, 0.15) is 15.9 Å². The van der Waals surface area contributed by atoms with E-state index in [1.54, 1.807) is 36.4 Å². The minimum Gasteiger partial charge on any atom is -0.355 e. The maximum Gasteiger partial charge on any atom is 0.257 e. The van der Waals surface area contributed by atoms with Crippen LogP contribution in [0.5, 0.6) is 0 Å². The van der Waals surface area contributed by atoms with Gasteiger partial charge in [0.2, 0.25) is 10.0 Å². The quantitative estimate of drug-likeness (QED) is 0.450. The highest BCUT2D eigenvalue weighted by atomic mass is 32.2. The minimum atomic E-state index is -3.43. The number of carbonyl (C=O) groups excluding carboxylic acids is 1. The van der Waals surface area contributed by atoms with Crippen LogP contribution < -0.4 is 15.4 Å². The highest BCUT2D eigenvalue weighted by Gasteiger charge is 2.13. The van der Waals surface area contributed by atoms with E-state index in [4.69, 9.17) is 0 Å². The van der Waals surface area contributed by atoms with Crippen molar-refractivity contribution in [2.45, 2.75) is 5.75 Å². The van der Waals surface area contributed by atoms with Crippen molar-refractivity contribution in [3.63, 3.8) is 0 Å². The molecule has 1 amide bonds. The Morgan fingerprint density at radius 2 is 1.53 bits per heavy atom. The Morgan fingerprint density at radius 3 is 2.23 bits per heavy atom. The first kappa shape index (κ1) is 21.3. The van der Waals surface area contributed by atoms with E-state index in [9.17, 15) is 13.2 Å². The maximum atomic E-state index is 12.8. The SMILES string of the molecule is C=CCNS(=O)(=O)Cc1ccc(NC(=O)c2ccccc2Nc2ccccc2)cc1. The molecule has 0 aliphatic heterocycles. The van der Waals surface area contributed by atoms with E-state index < -0.39 is 10.0 Å². The molecule has 0 fully saturated rings. The van der Waals surface area contributed by atoms with E-state index in [2.05, 4.69) is 21.9 Å². The summed E-state index contributed by atoms with van der Waals surface area (Å²) >= 11 is 0. The van der Waals surface area contributed by atoms with E-state index in [0.717, 1.165) is 5.69 Å². The topological polar surface area (TPSA) is 87.3 Å². The van der Waals surface area contributed by atoms with Crippen LogP contribution in [0.4, 0.5) is 17.1 Å². The maximum absolute atomic E-state index is 12.8. The van der Waals surface area contributed by atoms with E-state index in [1.165, 1.54) is 6.08 Å². The van der Waals surface area contributed by atoms with Crippen LogP contribution in [0, 0.1) is 0 Å². The van der Waals surface area contributed by atoms with Crippen LogP contribution in [0.15, 0.2) is 91.5 Å². The molecule has 0 saturated carbocycles. The second-order valence-corrected chi connectivity index (χ2v) is 8.39. The van der Waals surface area contributed by atoms with Crippen LogP contribution in [0.2, 0.25) is 0 Å². The molecule has 0 saturated heterocycles. The lowest BCUT2D eigenvalue weighted by atomic mass is 10.1. The molecule has 154 valence electrons. The number of hydrogen-bond donors (Lipinski definition) is 3. The molecular formula is C23H23N3O3S. The van der Waals surface area contributed by atoms with Gasteiger partial charge in [-0.3, -0.25) is 4.79 Å². The lowest BCUT2D eigenvalue weighted by Gasteiger charge is -2.12. The molecule has 7 heteroatoms. The Hall–Kier alpha value is -3.42. The number of benzene rings is 3. The zero-order chi connectivity index (χ0) is 21.4. The molecule has 3 rings (SSSR count). The van der Waals surface area contributed by atoms with Crippen molar-refractivity contribution in [2.75, 3.05) is 17.2 Å². The Bertz CT molecular complexity index is 1110. The summed E-state index contributed by atoms with van der Waals surface area (Å²) in [6.07, 6.45) is 1.49. The van der Waals surface area contributed by atoms with Crippen LogP contribution in [-0.2, 0) is 15.8 Å². The molecule has 0 spiro atoms. The van der Waals surface area contributed by atoms with Crippen LogP contribution in [-0.4, -0.2) is 20.9 Å². The number of carbonyl (C=O) groups is 1. The summed E-state index contributed by atoms with van der Waals surface area (Å²) in [5.74, 6) is -0.402. The fourth-order valence-corrected chi connectivity index (χ4v) is 3.91. The first-order valence-electron chi connectivity index (χ1n) is 9.36. The van der Waals surface area contributed by atoms with Crippen LogP contribution in [0.3, 0.4) is 0 Å². The molecule has 3 aromatic rings. The number of sulfonamides is 1. The van der Waals surface area contributed by atoms with Gasteiger partial charge in [-0.2, -0.15) is 0 Å². The summed E-state index contributed by atoms with van der Waals surface area (Å²) in [7, 11) is -3.43. The van der Waals surface area contributed by atoms with Gasteiger partial charge < -0.3 is 10.6 Å². The predicted molar refractivity (Wildman–Crippen MR) is 121 cm³/mol. The lowest BCUT2D eigenvalue weighted by molar-refractivity contribution is 0.102. The Kier molecular flexibility index (Phi) is 7.00. The Balaban J connectivity index is 1.69. The van der Waals surface area contributed by atoms with Crippen LogP contribution in [0.25, 0.3) is 0 Å². The fraction of sp³-hybridized carbons (Fsp3) is 0.0870. The van der Waals surface area contributed by atoms with Gasteiger partial charge >= 0.3 is 0 Å². The monoisotopic (exact) mass is 421 g/mol. The van der Waals surface area contributed by atoms with Gasteiger partial charge in [-0.1, -0.05) is 48.5 Å². The van der Waals surface area contributed by atoms with E-state index in [0.29, 0.717) is 22.5 Å². The third-order valence-electron chi connectivity index (χ3n) is 4.24. The number of amides is 1. The number of rotatable bonds is 9. The van der Waals surface area contributed by atoms with Crippen molar-refractivity contribution in [3.05, 3.63) is 103 Å². The van der Waals surface area contributed by atoms with Crippen molar-refractivity contribution in [2.24, 2.45) is 0 Å². The summed E-state index contributed by atoms with van der Waals surface area (Å²) in [4.78, 5) is 12.8. The Labute approximate surface area is 176 Å². The van der Waals surface area contributed by atoms with E-state index >= 15 is 0 Å². The summed E-state index contributed by atoms with van der Waals surface area (Å²) in [5.41, 5.74) is 3.28. The standard InChI is InChI=1S/C23H23N3O3S/c1-2-16-24-30(28,29)17-18-12-14-20(15-13-18)26-23(27)21-10-6-7-11-22(21)25-19-8-4-3-5-9-19/h2-15,24-25H,1,16-17H2,(H,26,27). The molecular weight excluding hydrogens is 398 g/mol. The second kappa shape index (κ2) is 9.87. The first-order chi connectivity index (χ1) is 14.5. The minimum absolute atomic E-state index is 0.140. The average molecular weight is 422 g/mol. The molecule has 0 aliphatic rings. The van der Waals surface area contributed by atoms with E-state index in [1.807, 2.05) is 42.5 Å². The first-order valence-corrected chi connectivity index (χ1v) is 11.0. The van der Waals surface area contributed by atoms with Crippen molar-refractivity contribution < 1.29 is 13.2 Å². The molecule has 0 bridgehead atoms. The van der Waals surface area contributed by atoms with Gasteiger partial charge in [0.1, 0.15) is 0 Å². The molecule has 6 nitrogen and oxygen atoms in total. The number of hydrogen-bond acceptors (Lipinski definition) is 4. The molecule has 30 heavy (non-hydrogen) atoms. The molecule has 3 N–H and O–H groups in total. The number of para-hydroxylation sites is 2. The molecule has 0 aromatic heterocycles. The number of anilines is 3. The van der Waals surface area contributed by atoms with Crippen LogP contribution >= 0.6 is 0 Å². The van der Waals surface area contributed by atoms with Crippen molar-refractivity contribution in [1.82, 2.24) is 4.72 Å². The normalized spacial score (nSPS) is 10.9. The Morgan fingerprint density at radius 1 is 0.867 bits per heavy atom. The van der Waals surface area contributed by atoms with Gasteiger partial charge in [-0.15, -0.1) is 6.58 Å². The molecule has 0 heterocycles. The third-order valence-corrected chi connectivity index (χ3v) is 5.56. The summed E-state index contributed by atoms with van der Waals surface area (Å²) in [5, 5.41) is 6.10. The molecule has 3 aromatic carbocycles. The molecule has 0 aliphatic carbocycles. The van der Waals surface area contributed by atoms with Gasteiger partial charge in [0, 0.05) is 17.9 Å². The molecule has 0 unspecified atom stereocenters. The van der Waals surface area contributed by atoms with Gasteiger partial charge in [0.05, 0.1) is 17.0 Å². The highest BCUT2D eigenvalue weighted by Crippen LogP contribution is 2.22. The smallest absolute Gasteiger partial charge is 0.257 e. The lowest BCUT2D eigenvalue weighted by Crippen LogP contribution is -2.25.